The lowest BCUT2D eigenvalue weighted by atomic mass is 9.92. The van der Waals surface area contributed by atoms with E-state index in [1.54, 1.807) is 26.8 Å². The van der Waals surface area contributed by atoms with Gasteiger partial charge in [0.05, 0.1) is 7.11 Å². The zero-order valence-corrected chi connectivity index (χ0v) is 30.9. The lowest BCUT2D eigenvalue weighted by molar-refractivity contribution is -0.145. The highest BCUT2D eigenvalue weighted by molar-refractivity contribution is 6.09. The van der Waals surface area contributed by atoms with Crippen LogP contribution < -0.4 is 25.4 Å². The van der Waals surface area contributed by atoms with Crippen LogP contribution in [0, 0.1) is 0 Å². The fourth-order valence-corrected chi connectivity index (χ4v) is 5.83. The molecule has 3 amide bonds. The number of hydrogen-bond donors (Lipinski definition) is 3. The van der Waals surface area contributed by atoms with Gasteiger partial charge < -0.3 is 34.9 Å². The Morgan fingerprint density at radius 2 is 1.36 bits per heavy atom. The molecule has 0 aliphatic heterocycles. The summed E-state index contributed by atoms with van der Waals surface area (Å²) in [5.41, 5.74) is 0.931. The molecule has 0 fully saturated rings. The number of fused-ring (bicyclic) bond motifs is 2. The first kappa shape index (κ1) is 39.9. The molecule has 4 aromatic rings. The molecule has 11 nitrogen and oxygen atoms in total. The van der Waals surface area contributed by atoms with Gasteiger partial charge in [-0.1, -0.05) is 79.4 Å². The molecule has 0 saturated carbocycles. The number of carbonyl (C=O) groups excluding carboxylic acids is 4. The minimum Gasteiger partial charge on any atom is -0.489 e. The number of carbonyl (C=O) groups is 4. The molecule has 0 aliphatic rings. The van der Waals surface area contributed by atoms with Gasteiger partial charge in [-0.25, -0.2) is 9.59 Å². The molecule has 0 bridgehead atoms. The first-order valence-corrected chi connectivity index (χ1v) is 17.6. The van der Waals surface area contributed by atoms with E-state index in [0.717, 1.165) is 32.7 Å². The number of rotatable bonds is 18. The van der Waals surface area contributed by atoms with Crippen LogP contribution in [0.4, 0.5) is 4.79 Å². The molecule has 0 spiro atoms. The van der Waals surface area contributed by atoms with Gasteiger partial charge in [0.2, 0.25) is 5.91 Å². The van der Waals surface area contributed by atoms with E-state index < -0.39 is 48.2 Å². The molecule has 0 unspecified atom stereocenters. The van der Waals surface area contributed by atoms with Crippen LogP contribution >= 0.6 is 0 Å². The Balaban J connectivity index is 1.58. The van der Waals surface area contributed by atoms with Gasteiger partial charge in [-0.2, -0.15) is 0 Å². The van der Waals surface area contributed by atoms with Gasteiger partial charge in [0.15, 0.2) is 6.61 Å². The summed E-state index contributed by atoms with van der Waals surface area (Å²) >= 11 is 0. The van der Waals surface area contributed by atoms with Crippen molar-refractivity contribution in [2.75, 3.05) is 26.9 Å². The highest BCUT2D eigenvalue weighted by atomic mass is 16.6. The Kier molecular flexibility index (Phi) is 14.4. The maximum Gasteiger partial charge on any atom is 0.407 e. The van der Waals surface area contributed by atoms with Crippen LogP contribution in [-0.2, 0) is 23.9 Å². The number of nitrogens with one attached hydrogen (secondary N) is 3. The van der Waals surface area contributed by atoms with E-state index in [0.29, 0.717) is 37.5 Å². The topological polar surface area (TPSA) is 141 Å². The van der Waals surface area contributed by atoms with E-state index in [-0.39, 0.29) is 12.8 Å². The van der Waals surface area contributed by atoms with Crippen LogP contribution in [0.5, 0.6) is 11.5 Å². The monoisotopic (exact) mass is 723 g/mol. The number of amides is 3. The first-order chi connectivity index (χ1) is 25.4. The number of ether oxygens (including phenoxy) is 4. The lowest BCUT2D eigenvalue weighted by Crippen LogP contribution is -2.52. The molecule has 0 aromatic heterocycles. The third-order valence-corrected chi connectivity index (χ3v) is 8.19. The molecule has 280 valence electrons. The average molecular weight is 724 g/mol. The summed E-state index contributed by atoms with van der Waals surface area (Å²) in [7, 11) is 1.23. The minimum atomic E-state index is -1.02. The zero-order valence-electron chi connectivity index (χ0n) is 30.9. The third-order valence-electron chi connectivity index (χ3n) is 8.19. The van der Waals surface area contributed by atoms with Crippen LogP contribution in [0.3, 0.4) is 0 Å². The van der Waals surface area contributed by atoms with Gasteiger partial charge in [0, 0.05) is 17.7 Å². The van der Waals surface area contributed by atoms with Crippen molar-refractivity contribution < 1.29 is 38.1 Å². The number of alkyl carbamates (subject to hydrolysis) is 1. The molecule has 4 rings (SSSR count). The molecule has 0 radical (unpaired) electrons. The van der Waals surface area contributed by atoms with E-state index in [9.17, 15) is 19.2 Å². The van der Waals surface area contributed by atoms with Crippen molar-refractivity contribution in [3.8, 4) is 22.6 Å². The summed E-state index contributed by atoms with van der Waals surface area (Å²) in [6.07, 6.45) is 3.96. The Bertz CT molecular complexity index is 1930. The maximum absolute atomic E-state index is 13.5. The molecule has 0 heterocycles. The number of methoxy groups -OCH3 is 1. The van der Waals surface area contributed by atoms with Crippen molar-refractivity contribution in [2.45, 2.75) is 64.1 Å². The third kappa shape index (κ3) is 11.3. The quantitative estimate of drug-likeness (QED) is 0.0566. The number of hydrogen-bond acceptors (Lipinski definition) is 8. The van der Waals surface area contributed by atoms with Crippen LogP contribution in [-0.4, -0.2) is 68.4 Å². The Morgan fingerprint density at radius 1 is 0.755 bits per heavy atom. The van der Waals surface area contributed by atoms with Gasteiger partial charge >= 0.3 is 12.1 Å². The number of unbranched alkanes of at least 4 members (excludes halogenated alkanes) is 1. The largest absolute Gasteiger partial charge is 0.489 e. The van der Waals surface area contributed by atoms with E-state index in [2.05, 4.69) is 29.1 Å². The van der Waals surface area contributed by atoms with Gasteiger partial charge in [0.1, 0.15) is 35.8 Å². The zero-order chi connectivity index (χ0) is 38.4. The van der Waals surface area contributed by atoms with Crippen LogP contribution in [0.15, 0.2) is 98.1 Å². The summed E-state index contributed by atoms with van der Waals surface area (Å²) in [6, 6.07) is 21.5. The second-order valence-electron chi connectivity index (χ2n) is 13.4. The van der Waals surface area contributed by atoms with Gasteiger partial charge in [0.25, 0.3) is 5.91 Å². The lowest BCUT2D eigenvalue weighted by Gasteiger charge is -2.23. The Labute approximate surface area is 310 Å². The second-order valence-corrected chi connectivity index (χ2v) is 13.4. The molecule has 0 saturated heterocycles. The van der Waals surface area contributed by atoms with Crippen LogP contribution in [0.25, 0.3) is 32.7 Å². The first-order valence-electron chi connectivity index (χ1n) is 17.6. The fraction of sp³-hybridized carbons (Fsp3) is 0.333. The van der Waals surface area contributed by atoms with Gasteiger partial charge in [-0.3, -0.25) is 9.59 Å². The second kappa shape index (κ2) is 19.1. The number of esters is 1. The van der Waals surface area contributed by atoms with Crippen molar-refractivity contribution in [1.29, 1.82) is 0 Å². The molecule has 3 N–H and O–H groups in total. The van der Waals surface area contributed by atoms with Gasteiger partial charge in [-0.15, -0.1) is 6.58 Å². The standard InChI is InChI=1S/C42H49N3O8/c1-7-15-33(40(48)50-6)45-39(47)32(20-13-14-25-43-41(49)53-42(3,4)5)44-36(46)27-52-35-24-22-29-17-10-12-19-31(29)38(35)37-30-18-11-9-16-28(30)21-23-34(37)51-26-8-2/h7-12,16-19,21-24,32-33H,1-2,13-15,20,25-27H2,3-6H3,(H,43,49)(H,44,46)(H,45,47)/t32-,33+/m1/s1. The van der Waals surface area contributed by atoms with Crippen LogP contribution in [0.1, 0.15) is 46.5 Å². The molecule has 2 atom stereocenters. The SMILES string of the molecule is C=CCOc1ccc2ccccc2c1-c1c(OCC(=O)N[C@H](CCCCNC(=O)OC(C)(C)C)C(=O)N[C@@H](CC=C)C(=O)OC)ccc2ccccc12. The molecule has 11 heteroatoms. The fourth-order valence-electron chi connectivity index (χ4n) is 5.83. The summed E-state index contributed by atoms with van der Waals surface area (Å²) in [5.74, 6) is -0.671. The predicted octanol–water partition coefficient (Wildman–Crippen LogP) is 7.02. The molecule has 53 heavy (non-hydrogen) atoms. The van der Waals surface area contributed by atoms with Crippen molar-refractivity contribution in [3.05, 3.63) is 98.1 Å². The molecular weight excluding hydrogens is 674 g/mol. The summed E-state index contributed by atoms with van der Waals surface area (Å²) in [5, 5.41) is 12.0. The van der Waals surface area contributed by atoms with Crippen molar-refractivity contribution in [2.24, 2.45) is 0 Å². The Morgan fingerprint density at radius 3 is 1.92 bits per heavy atom. The highest BCUT2D eigenvalue weighted by Gasteiger charge is 2.27. The van der Waals surface area contributed by atoms with Gasteiger partial charge in [-0.05, 0) is 80.1 Å². The van der Waals surface area contributed by atoms with Crippen molar-refractivity contribution in [3.63, 3.8) is 0 Å². The maximum atomic E-state index is 13.5. The van der Waals surface area contributed by atoms with Crippen LogP contribution in [0.2, 0.25) is 0 Å². The van der Waals surface area contributed by atoms with E-state index >= 15 is 0 Å². The smallest absolute Gasteiger partial charge is 0.407 e. The molecule has 0 aliphatic carbocycles. The molecule has 4 aromatic carbocycles. The Hall–Kier alpha value is -5.84. The predicted molar refractivity (Wildman–Crippen MR) is 207 cm³/mol. The van der Waals surface area contributed by atoms with Crippen molar-refractivity contribution >= 4 is 45.4 Å². The van der Waals surface area contributed by atoms with Crippen molar-refractivity contribution in [1.82, 2.24) is 16.0 Å². The van der Waals surface area contributed by atoms with E-state index in [4.69, 9.17) is 18.9 Å². The summed E-state index contributed by atoms with van der Waals surface area (Å²) in [6.45, 7) is 13.0. The summed E-state index contributed by atoms with van der Waals surface area (Å²) in [4.78, 5) is 51.5. The average Bonchev–Trinajstić information content (AvgIpc) is 3.13. The number of benzene rings is 4. The minimum absolute atomic E-state index is 0.138. The highest BCUT2D eigenvalue weighted by Crippen LogP contribution is 2.45. The molecular formula is C42H49N3O8. The normalized spacial score (nSPS) is 12.2. The van der Waals surface area contributed by atoms with E-state index in [1.807, 2.05) is 72.8 Å². The summed E-state index contributed by atoms with van der Waals surface area (Å²) < 4.78 is 22.5. The van der Waals surface area contributed by atoms with E-state index in [1.165, 1.54) is 13.2 Å².